The van der Waals surface area contributed by atoms with Crippen LogP contribution in [0.5, 0.6) is 0 Å². The van der Waals surface area contributed by atoms with Gasteiger partial charge in [0.05, 0.1) is 12.1 Å². The number of esters is 1. The minimum atomic E-state index is -0.609. The maximum atomic E-state index is 12.7. The first-order valence-electron chi connectivity index (χ1n) is 7.74. The topological polar surface area (TPSA) is 48.3 Å². The van der Waals surface area contributed by atoms with Gasteiger partial charge in [0.1, 0.15) is 5.56 Å². The van der Waals surface area contributed by atoms with Crippen molar-refractivity contribution >= 4 is 44.4 Å². The van der Waals surface area contributed by atoms with Gasteiger partial charge < -0.3 is 9.30 Å². The molecule has 25 heavy (non-hydrogen) atoms. The van der Waals surface area contributed by atoms with Gasteiger partial charge in [-0.2, -0.15) is 0 Å². The van der Waals surface area contributed by atoms with Crippen LogP contribution in [0, 0.1) is 0 Å². The Hall–Kier alpha value is -2.11. The Morgan fingerprint density at radius 2 is 1.92 bits per heavy atom. The standard InChI is InChI=1S/C19H15BrClNO3/c1-2-25-19(24)16-11-22(10-12-3-6-14(21)7-4-12)17-9-13(20)5-8-15(17)18(16)23/h3-9,11H,2,10H2,1H3. The number of hydrogen-bond donors (Lipinski definition) is 0. The van der Waals surface area contributed by atoms with Crippen molar-refractivity contribution in [3.8, 4) is 0 Å². The highest BCUT2D eigenvalue weighted by molar-refractivity contribution is 9.10. The summed E-state index contributed by atoms with van der Waals surface area (Å²) in [4.78, 5) is 24.8. The second kappa shape index (κ2) is 7.42. The zero-order chi connectivity index (χ0) is 18.0. The molecule has 0 radical (unpaired) electrons. The summed E-state index contributed by atoms with van der Waals surface area (Å²) in [5.41, 5.74) is 1.45. The number of benzene rings is 2. The van der Waals surface area contributed by atoms with Crippen molar-refractivity contribution in [3.05, 3.63) is 79.5 Å². The Labute approximate surface area is 158 Å². The van der Waals surface area contributed by atoms with E-state index in [1.165, 1.54) is 0 Å². The van der Waals surface area contributed by atoms with E-state index in [-0.39, 0.29) is 17.6 Å². The highest BCUT2D eigenvalue weighted by atomic mass is 79.9. The minimum absolute atomic E-state index is 0.0330. The summed E-state index contributed by atoms with van der Waals surface area (Å²) in [5.74, 6) is -0.609. The Kier molecular flexibility index (Phi) is 5.25. The summed E-state index contributed by atoms with van der Waals surface area (Å²) in [6, 6.07) is 12.8. The molecule has 4 nitrogen and oxygen atoms in total. The van der Waals surface area contributed by atoms with E-state index in [4.69, 9.17) is 16.3 Å². The molecular weight excluding hydrogens is 406 g/mol. The number of rotatable bonds is 4. The van der Waals surface area contributed by atoms with E-state index in [0.717, 1.165) is 15.6 Å². The molecule has 0 amide bonds. The number of ether oxygens (including phenoxy) is 1. The van der Waals surface area contributed by atoms with Gasteiger partial charge in [-0.1, -0.05) is 39.7 Å². The predicted octanol–water partition coefficient (Wildman–Crippen LogP) is 4.64. The van der Waals surface area contributed by atoms with E-state index in [0.29, 0.717) is 17.0 Å². The summed E-state index contributed by atoms with van der Waals surface area (Å²) in [5, 5.41) is 1.13. The molecule has 128 valence electrons. The number of carbonyl (C=O) groups is 1. The molecule has 0 aliphatic heterocycles. The molecule has 0 atom stereocenters. The minimum Gasteiger partial charge on any atom is -0.462 e. The average Bonchev–Trinajstić information content (AvgIpc) is 2.59. The van der Waals surface area contributed by atoms with Crippen molar-refractivity contribution in [1.29, 1.82) is 0 Å². The van der Waals surface area contributed by atoms with Crippen LogP contribution in [0.1, 0.15) is 22.8 Å². The second-order valence-corrected chi connectivity index (χ2v) is 6.86. The van der Waals surface area contributed by atoms with Gasteiger partial charge in [-0.05, 0) is 42.8 Å². The highest BCUT2D eigenvalue weighted by Gasteiger charge is 2.16. The third-order valence-electron chi connectivity index (χ3n) is 3.80. The molecule has 0 saturated carbocycles. The zero-order valence-corrected chi connectivity index (χ0v) is 15.8. The fourth-order valence-electron chi connectivity index (χ4n) is 2.64. The molecule has 0 spiro atoms. The summed E-state index contributed by atoms with van der Waals surface area (Å²) >= 11 is 9.37. The van der Waals surface area contributed by atoms with Crippen LogP contribution in [0.3, 0.4) is 0 Å². The molecule has 2 aromatic carbocycles. The van der Waals surface area contributed by atoms with Crippen LogP contribution in [0.15, 0.2) is 57.9 Å². The first kappa shape index (κ1) is 17.7. The fraction of sp³-hybridized carbons (Fsp3) is 0.158. The van der Waals surface area contributed by atoms with Gasteiger partial charge in [0, 0.05) is 27.6 Å². The van der Waals surface area contributed by atoms with Gasteiger partial charge >= 0.3 is 5.97 Å². The SMILES string of the molecule is CCOC(=O)c1cn(Cc2ccc(Cl)cc2)c2cc(Br)ccc2c1=O. The van der Waals surface area contributed by atoms with Crippen molar-refractivity contribution < 1.29 is 9.53 Å². The molecule has 1 heterocycles. The molecule has 3 rings (SSSR count). The number of carbonyl (C=O) groups excluding carboxylic acids is 1. The summed E-state index contributed by atoms with van der Waals surface area (Å²) in [6.45, 7) is 2.42. The fourth-order valence-corrected chi connectivity index (χ4v) is 3.11. The highest BCUT2D eigenvalue weighted by Crippen LogP contribution is 2.20. The predicted molar refractivity (Wildman–Crippen MR) is 102 cm³/mol. The number of halogens is 2. The van der Waals surface area contributed by atoms with E-state index >= 15 is 0 Å². The molecule has 6 heteroatoms. The van der Waals surface area contributed by atoms with Crippen LogP contribution in [-0.2, 0) is 11.3 Å². The number of aromatic nitrogens is 1. The van der Waals surface area contributed by atoms with Gasteiger partial charge in [0.25, 0.3) is 0 Å². The maximum absolute atomic E-state index is 12.7. The van der Waals surface area contributed by atoms with Gasteiger partial charge in [0.2, 0.25) is 5.43 Å². The molecule has 3 aromatic rings. The lowest BCUT2D eigenvalue weighted by Gasteiger charge is -2.14. The Bertz CT molecular complexity index is 996. The Balaban J connectivity index is 2.19. The van der Waals surface area contributed by atoms with Crippen LogP contribution in [0.25, 0.3) is 10.9 Å². The lowest BCUT2D eigenvalue weighted by Crippen LogP contribution is -2.21. The molecule has 0 aliphatic rings. The quantitative estimate of drug-likeness (QED) is 0.578. The van der Waals surface area contributed by atoms with E-state index in [1.54, 1.807) is 25.3 Å². The maximum Gasteiger partial charge on any atom is 0.343 e. The number of nitrogens with zero attached hydrogens (tertiary/aromatic N) is 1. The van der Waals surface area contributed by atoms with Crippen molar-refractivity contribution in [2.24, 2.45) is 0 Å². The monoisotopic (exact) mass is 419 g/mol. The van der Waals surface area contributed by atoms with Crippen LogP contribution < -0.4 is 5.43 Å². The normalized spacial score (nSPS) is 10.8. The van der Waals surface area contributed by atoms with E-state index in [9.17, 15) is 9.59 Å². The van der Waals surface area contributed by atoms with Crippen molar-refractivity contribution in [2.45, 2.75) is 13.5 Å². The van der Waals surface area contributed by atoms with Gasteiger partial charge in [-0.3, -0.25) is 4.79 Å². The lowest BCUT2D eigenvalue weighted by atomic mass is 10.1. The smallest absolute Gasteiger partial charge is 0.343 e. The zero-order valence-electron chi connectivity index (χ0n) is 13.5. The largest absolute Gasteiger partial charge is 0.462 e. The van der Waals surface area contributed by atoms with Gasteiger partial charge in [0.15, 0.2) is 0 Å². The van der Waals surface area contributed by atoms with Gasteiger partial charge in [-0.25, -0.2) is 4.79 Å². The van der Waals surface area contributed by atoms with E-state index in [1.807, 2.05) is 34.9 Å². The van der Waals surface area contributed by atoms with Crippen LogP contribution in [-0.4, -0.2) is 17.1 Å². The van der Waals surface area contributed by atoms with E-state index < -0.39 is 5.97 Å². The summed E-state index contributed by atoms with van der Waals surface area (Å²) in [7, 11) is 0. The summed E-state index contributed by atoms with van der Waals surface area (Å²) < 4.78 is 7.75. The van der Waals surface area contributed by atoms with Crippen molar-refractivity contribution in [2.75, 3.05) is 6.61 Å². The number of fused-ring (bicyclic) bond motifs is 1. The third-order valence-corrected chi connectivity index (χ3v) is 4.55. The molecule has 0 bridgehead atoms. The van der Waals surface area contributed by atoms with E-state index in [2.05, 4.69) is 15.9 Å². The van der Waals surface area contributed by atoms with Crippen molar-refractivity contribution in [3.63, 3.8) is 0 Å². The van der Waals surface area contributed by atoms with Gasteiger partial charge in [-0.15, -0.1) is 0 Å². The molecule has 0 fully saturated rings. The Morgan fingerprint density at radius 3 is 2.60 bits per heavy atom. The molecule has 0 aliphatic carbocycles. The first-order valence-corrected chi connectivity index (χ1v) is 8.91. The van der Waals surface area contributed by atoms with Crippen LogP contribution in [0.2, 0.25) is 5.02 Å². The molecular formula is C19H15BrClNO3. The van der Waals surface area contributed by atoms with Crippen LogP contribution in [0.4, 0.5) is 0 Å². The number of hydrogen-bond acceptors (Lipinski definition) is 3. The number of pyridine rings is 1. The van der Waals surface area contributed by atoms with Crippen molar-refractivity contribution in [1.82, 2.24) is 4.57 Å². The first-order chi connectivity index (χ1) is 12.0. The average molecular weight is 421 g/mol. The van der Waals surface area contributed by atoms with Crippen LogP contribution >= 0.6 is 27.5 Å². The lowest BCUT2D eigenvalue weighted by molar-refractivity contribution is 0.0524. The molecule has 0 saturated heterocycles. The molecule has 0 unspecified atom stereocenters. The molecule has 0 N–H and O–H groups in total. The second-order valence-electron chi connectivity index (χ2n) is 5.51. The summed E-state index contributed by atoms with van der Waals surface area (Å²) in [6.07, 6.45) is 1.56. The third kappa shape index (κ3) is 3.78. The Morgan fingerprint density at radius 1 is 1.20 bits per heavy atom. The molecule has 1 aromatic heterocycles.